The van der Waals surface area contributed by atoms with Crippen LogP contribution in [0.3, 0.4) is 0 Å². The quantitative estimate of drug-likeness (QED) is 0.702. The van der Waals surface area contributed by atoms with Crippen molar-refractivity contribution < 1.29 is 5.11 Å². The van der Waals surface area contributed by atoms with Gasteiger partial charge in [0, 0.05) is 0 Å². The van der Waals surface area contributed by atoms with Gasteiger partial charge >= 0.3 is 0 Å². The van der Waals surface area contributed by atoms with E-state index < -0.39 is 0 Å². The summed E-state index contributed by atoms with van der Waals surface area (Å²) in [6.07, 6.45) is 3.31. The fraction of sp³-hybridized carbons (Fsp3) is 0.400. The lowest BCUT2D eigenvalue weighted by Gasteiger charge is -2.01. The predicted molar refractivity (Wildman–Crippen MR) is 46.7 cm³/mol. The molecule has 1 aromatic carbocycles. The van der Waals surface area contributed by atoms with Crippen LogP contribution in [0.4, 0.5) is 0 Å². The standard InChI is InChI=1S/C10H14O/c1-2-3-6-9-7-4-5-8-10(9)11/h4-5,7-8,11H,2-3,6H2,1H3. The van der Waals surface area contributed by atoms with Gasteiger partial charge in [-0.2, -0.15) is 0 Å². The lowest BCUT2D eigenvalue weighted by atomic mass is 10.1. The Morgan fingerprint density at radius 3 is 2.64 bits per heavy atom. The number of unbranched alkanes of at least 4 members (excludes halogenated alkanes) is 1. The summed E-state index contributed by atoms with van der Waals surface area (Å²) in [5, 5.41) is 9.34. The maximum Gasteiger partial charge on any atom is 0.118 e. The predicted octanol–water partition coefficient (Wildman–Crippen LogP) is 2.73. The Labute approximate surface area is 67.7 Å². The van der Waals surface area contributed by atoms with E-state index >= 15 is 0 Å². The van der Waals surface area contributed by atoms with Crippen LogP contribution in [0.1, 0.15) is 25.3 Å². The van der Waals surface area contributed by atoms with Gasteiger partial charge < -0.3 is 5.11 Å². The van der Waals surface area contributed by atoms with Crippen molar-refractivity contribution in [1.82, 2.24) is 0 Å². The zero-order valence-corrected chi connectivity index (χ0v) is 6.88. The first-order valence-corrected chi connectivity index (χ1v) is 4.11. The molecule has 1 N–H and O–H groups in total. The molecule has 0 aliphatic heterocycles. The topological polar surface area (TPSA) is 20.2 Å². The summed E-state index contributed by atoms with van der Waals surface area (Å²) >= 11 is 0. The minimum atomic E-state index is 0.431. The summed E-state index contributed by atoms with van der Waals surface area (Å²) in [5.74, 6) is 0.431. The van der Waals surface area contributed by atoms with Crippen molar-refractivity contribution in [2.75, 3.05) is 0 Å². The van der Waals surface area contributed by atoms with Crippen LogP contribution >= 0.6 is 0 Å². The summed E-state index contributed by atoms with van der Waals surface area (Å²) in [7, 11) is 0. The number of benzene rings is 1. The Morgan fingerprint density at radius 1 is 1.27 bits per heavy atom. The van der Waals surface area contributed by atoms with Gasteiger partial charge in [0.1, 0.15) is 5.75 Å². The Bertz CT molecular complexity index is 218. The highest BCUT2D eigenvalue weighted by Gasteiger charge is 1.96. The van der Waals surface area contributed by atoms with Gasteiger partial charge in [-0.3, -0.25) is 0 Å². The molecule has 0 heterocycles. The van der Waals surface area contributed by atoms with Gasteiger partial charge in [0.25, 0.3) is 0 Å². The van der Waals surface area contributed by atoms with Crippen LogP contribution in [-0.2, 0) is 6.42 Å². The number of aryl methyl sites for hydroxylation is 1. The van der Waals surface area contributed by atoms with Gasteiger partial charge in [-0.25, -0.2) is 0 Å². The van der Waals surface area contributed by atoms with Crippen LogP contribution < -0.4 is 0 Å². The molecule has 0 saturated heterocycles. The molecular formula is C10H14O. The molecule has 0 aliphatic rings. The summed E-state index contributed by atoms with van der Waals surface area (Å²) in [6, 6.07) is 7.53. The zero-order chi connectivity index (χ0) is 8.10. The van der Waals surface area contributed by atoms with E-state index in [1.807, 2.05) is 18.2 Å². The van der Waals surface area contributed by atoms with Crippen molar-refractivity contribution in [3.63, 3.8) is 0 Å². The first-order valence-electron chi connectivity index (χ1n) is 4.11. The number of phenolic OH excluding ortho intramolecular Hbond substituents is 1. The average molecular weight is 150 g/mol. The minimum absolute atomic E-state index is 0.431. The third-order valence-electron chi connectivity index (χ3n) is 1.79. The van der Waals surface area contributed by atoms with Crippen LogP contribution in [0.25, 0.3) is 0 Å². The summed E-state index contributed by atoms with van der Waals surface area (Å²) in [4.78, 5) is 0. The molecule has 0 aromatic heterocycles. The average Bonchev–Trinajstić information content (AvgIpc) is 2.03. The van der Waals surface area contributed by atoms with Crippen molar-refractivity contribution in [1.29, 1.82) is 0 Å². The van der Waals surface area contributed by atoms with Gasteiger partial charge in [-0.1, -0.05) is 31.5 Å². The second-order valence-electron chi connectivity index (χ2n) is 2.73. The number of para-hydroxylation sites is 1. The molecule has 0 radical (unpaired) electrons. The third kappa shape index (κ3) is 2.26. The van der Waals surface area contributed by atoms with E-state index in [2.05, 4.69) is 6.92 Å². The van der Waals surface area contributed by atoms with E-state index in [9.17, 15) is 5.11 Å². The van der Waals surface area contributed by atoms with Crippen LogP contribution in [0, 0.1) is 0 Å². The highest BCUT2D eigenvalue weighted by molar-refractivity contribution is 5.31. The Morgan fingerprint density at radius 2 is 2.00 bits per heavy atom. The SMILES string of the molecule is CCCCc1ccccc1O. The number of aromatic hydroxyl groups is 1. The summed E-state index contributed by atoms with van der Waals surface area (Å²) in [6.45, 7) is 2.15. The van der Waals surface area contributed by atoms with Crippen LogP contribution in [-0.4, -0.2) is 5.11 Å². The molecule has 0 saturated carbocycles. The lowest BCUT2D eigenvalue weighted by Crippen LogP contribution is -1.83. The molecule has 0 fully saturated rings. The molecule has 0 spiro atoms. The van der Waals surface area contributed by atoms with Gasteiger partial charge in [0.2, 0.25) is 0 Å². The fourth-order valence-electron chi connectivity index (χ4n) is 1.09. The molecule has 1 rings (SSSR count). The first kappa shape index (κ1) is 8.12. The normalized spacial score (nSPS) is 9.91. The fourth-order valence-corrected chi connectivity index (χ4v) is 1.09. The second kappa shape index (κ2) is 4.02. The maximum atomic E-state index is 9.34. The molecule has 0 aliphatic carbocycles. The Kier molecular flexibility index (Phi) is 2.96. The van der Waals surface area contributed by atoms with E-state index in [1.165, 1.54) is 6.42 Å². The van der Waals surface area contributed by atoms with Crippen LogP contribution in [0.2, 0.25) is 0 Å². The van der Waals surface area contributed by atoms with Crippen molar-refractivity contribution in [2.24, 2.45) is 0 Å². The van der Waals surface area contributed by atoms with Gasteiger partial charge in [-0.05, 0) is 24.5 Å². The van der Waals surface area contributed by atoms with E-state index in [1.54, 1.807) is 6.07 Å². The maximum absolute atomic E-state index is 9.34. The highest BCUT2D eigenvalue weighted by atomic mass is 16.3. The molecule has 0 bridgehead atoms. The zero-order valence-electron chi connectivity index (χ0n) is 6.88. The van der Waals surface area contributed by atoms with Crippen molar-refractivity contribution in [2.45, 2.75) is 26.2 Å². The largest absolute Gasteiger partial charge is 0.508 e. The van der Waals surface area contributed by atoms with Crippen molar-refractivity contribution >= 4 is 0 Å². The first-order chi connectivity index (χ1) is 5.34. The smallest absolute Gasteiger partial charge is 0.118 e. The molecule has 1 nitrogen and oxygen atoms in total. The Hall–Kier alpha value is -0.980. The second-order valence-corrected chi connectivity index (χ2v) is 2.73. The molecule has 0 unspecified atom stereocenters. The molecular weight excluding hydrogens is 136 g/mol. The molecule has 60 valence electrons. The van der Waals surface area contributed by atoms with E-state index in [0.717, 1.165) is 18.4 Å². The molecule has 0 amide bonds. The molecule has 0 atom stereocenters. The minimum Gasteiger partial charge on any atom is -0.508 e. The van der Waals surface area contributed by atoms with Gasteiger partial charge in [0.05, 0.1) is 0 Å². The van der Waals surface area contributed by atoms with Gasteiger partial charge in [-0.15, -0.1) is 0 Å². The van der Waals surface area contributed by atoms with Crippen LogP contribution in [0.15, 0.2) is 24.3 Å². The van der Waals surface area contributed by atoms with E-state index in [-0.39, 0.29) is 0 Å². The number of rotatable bonds is 3. The monoisotopic (exact) mass is 150 g/mol. The third-order valence-corrected chi connectivity index (χ3v) is 1.79. The van der Waals surface area contributed by atoms with E-state index in [0.29, 0.717) is 5.75 Å². The van der Waals surface area contributed by atoms with Gasteiger partial charge in [0.15, 0.2) is 0 Å². The highest BCUT2D eigenvalue weighted by Crippen LogP contribution is 2.17. The number of hydrogen-bond acceptors (Lipinski definition) is 1. The summed E-state index contributed by atoms with van der Waals surface area (Å²) < 4.78 is 0. The number of phenols is 1. The van der Waals surface area contributed by atoms with Crippen molar-refractivity contribution in [3.05, 3.63) is 29.8 Å². The van der Waals surface area contributed by atoms with E-state index in [4.69, 9.17) is 0 Å². The lowest BCUT2D eigenvalue weighted by molar-refractivity contribution is 0.467. The molecule has 11 heavy (non-hydrogen) atoms. The summed E-state index contributed by atoms with van der Waals surface area (Å²) in [5.41, 5.74) is 1.06. The molecule has 1 heteroatoms. The van der Waals surface area contributed by atoms with Crippen LogP contribution in [0.5, 0.6) is 5.75 Å². The van der Waals surface area contributed by atoms with Crippen molar-refractivity contribution in [3.8, 4) is 5.75 Å². The number of hydrogen-bond donors (Lipinski definition) is 1. The Balaban J connectivity index is 2.62. The molecule has 1 aromatic rings.